The van der Waals surface area contributed by atoms with Crippen molar-refractivity contribution in [3.05, 3.63) is 41.5 Å². The third kappa shape index (κ3) is 13.4. The molecule has 0 aliphatic carbocycles. The molecule has 1 aromatic rings. The standard InChI is InChI=1S/C33H51N7O9/c1-4-5-6-7-13-26(43)38-22(17-25(34)42)30(46)39-20(11-9-14-37-33(35)36)28(44)29(45)31(47)40-21(15-18(2)3)24-16-19-10-8-12-23(41)27(19)32(48)49-24/h6-8,10,12,18,20-22,24,28-29,41,44-45H,4-5,9,11,13-17H2,1-3H3,(H2,34,42)(H,38,43)(H,39,46)(H,40,47)(H4,35,36,37)/b7-6+/t20-,21-,22+,24-,28-,29-/m0/s1. The van der Waals surface area contributed by atoms with E-state index in [-0.39, 0.29) is 55.4 Å². The molecule has 1 aliphatic heterocycles. The molecule has 0 unspecified atom stereocenters. The third-order valence-corrected chi connectivity index (χ3v) is 7.80. The van der Waals surface area contributed by atoms with Crippen LogP contribution in [0.4, 0.5) is 0 Å². The first kappa shape index (κ1) is 40.5. The number of hydrogen-bond acceptors (Lipinski definition) is 10. The number of esters is 1. The van der Waals surface area contributed by atoms with E-state index < -0.39 is 72.5 Å². The van der Waals surface area contributed by atoms with Gasteiger partial charge in [-0.05, 0) is 43.2 Å². The number of carbonyl (C=O) groups excluding carboxylic acids is 5. The number of phenols is 1. The molecule has 0 fully saturated rings. The predicted octanol–water partition coefficient (Wildman–Crippen LogP) is -0.629. The van der Waals surface area contributed by atoms with Crippen LogP contribution in [-0.2, 0) is 30.3 Å². The molecule has 16 heteroatoms. The molecule has 12 N–H and O–H groups in total. The van der Waals surface area contributed by atoms with Crippen molar-refractivity contribution in [3.8, 4) is 5.75 Å². The van der Waals surface area contributed by atoms with Crippen molar-refractivity contribution in [2.45, 2.75) is 109 Å². The second kappa shape index (κ2) is 20.0. The Hall–Kier alpha value is -4.70. The number of benzene rings is 1. The number of fused-ring (bicyclic) bond motifs is 1. The number of unbranched alkanes of at least 4 members (excludes halogenated alkanes) is 1. The second-order valence-electron chi connectivity index (χ2n) is 12.5. The van der Waals surface area contributed by atoms with E-state index in [0.717, 1.165) is 12.8 Å². The van der Waals surface area contributed by atoms with Crippen LogP contribution in [0, 0.1) is 5.92 Å². The maximum atomic E-state index is 13.4. The number of nitrogens with one attached hydrogen (secondary N) is 3. The number of ether oxygens (including phenoxy) is 1. The van der Waals surface area contributed by atoms with Gasteiger partial charge in [-0.25, -0.2) is 4.79 Å². The molecule has 0 bridgehead atoms. The largest absolute Gasteiger partial charge is 0.507 e. The molecule has 1 aromatic carbocycles. The van der Waals surface area contributed by atoms with Gasteiger partial charge in [0.1, 0.15) is 29.6 Å². The highest BCUT2D eigenvalue weighted by molar-refractivity contribution is 5.95. The first-order chi connectivity index (χ1) is 23.1. The van der Waals surface area contributed by atoms with Crippen LogP contribution in [0.15, 0.2) is 35.3 Å². The quantitative estimate of drug-likeness (QED) is 0.0273. The van der Waals surface area contributed by atoms with Gasteiger partial charge in [-0.3, -0.25) is 24.2 Å². The average Bonchev–Trinajstić information content (AvgIpc) is 3.02. The predicted molar refractivity (Wildman–Crippen MR) is 181 cm³/mol. The van der Waals surface area contributed by atoms with E-state index in [1.54, 1.807) is 18.2 Å². The number of phenolic OH excluding ortho intramolecular Hbond substituents is 1. The minimum atomic E-state index is -2.08. The molecule has 272 valence electrons. The van der Waals surface area contributed by atoms with Gasteiger partial charge < -0.3 is 53.2 Å². The second-order valence-corrected chi connectivity index (χ2v) is 12.5. The van der Waals surface area contributed by atoms with E-state index in [1.807, 2.05) is 26.8 Å². The monoisotopic (exact) mass is 689 g/mol. The molecule has 0 saturated heterocycles. The number of amides is 4. The van der Waals surface area contributed by atoms with Crippen LogP contribution in [-0.4, -0.2) is 93.9 Å². The first-order valence-corrected chi connectivity index (χ1v) is 16.4. The zero-order valence-corrected chi connectivity index (χ0v) is 28.3. The summed E-state index contributed by atoms with van der Waals surface area (Å²) in [5.74, 6) is -4.45. The Morgan fingerprint density at radius 2 is 1.78 bits per heavy atom. The Bertz CT molecular complexity index is 1360. The van der Waals surface area contributed by atoms with Crippen LogP contribution in [0.25, 0.3) is 0 Å². The van der Waals surface area contributed by atoms with Crippen LogP contribution in [0.3, 0.4) is 0 Å². The van der Waals surface area contributed by atoms with Gasteiger partial charge in [0.2, 0.25) is 17.7 Å². The molecule has 6 atom stereocenters. The molecule has 1 heterocycles. The SMILES string of the molecule is CCC/C=C/CC(=O)N[C@H](CC(N)=O)C(=O)N[C@@H](CCCN=C(N)N)[C@H](O)[C@H](O)C(=O)N[C@@H](CC(C)C)[C@@H]1Cc2cccc(O)c2C(=O)O1. The Morgan fingerprint density at radius 1 is 1.06 bits per heavy atom. The van der Waals surface area contributed by atoms with Gasteiger partial charge >= 0.3 is 5.97 Å². The average molecular weight is 690 g/mol. The molecule has 16 nitrogen and oxygen atoms in total. The molecule has 0 spiro atoms. The topological polar surface area (TPSA) is 282 Å². The van der Waals surface area contributed by atoms with E-state index in [2.05, 4.69) is 20.9 Å². The maximum absolute atomic E-state index is 13.4. The van der Waals surface area contributed by atoms with Crippen molar-refractivity contribution in [1.29, 1.82) is 0 Å². The molecular formula is C33H51N7O9. The van der Waals surface area contributed by atoms with E-state index in [0.29, 0.717) is 12.0 Å². The Balaban J connectivity index is 2.25. The van der Waals surface area contributed by atoms with Gasteiger partial charge in [0.25, 0.3) is 5.91 Å². The molecule has 49 heavy (non-hydrogen) atoms. The molecule has 4 amide bonds. The smallest absolute Gasteiger partial charge is 0.342 e. The zero-order valence-electron chi connectivity index (χ0n) is 28.3. The fraction of sp³-hybridized carbons (Fsp3) is 0.576. The summed E-state index contributed by atoms with van der Waals surface area (Å²) in [6.07, 6.45) is 0.372. The number of aliphatic imine (C=N–C) groups is 1. The number of aromatic hydroxyl groups is 1. The van der Waals surface area contributed by atoms with Gasteiger partial charge in [0.15, 0.2) is 12.1 Å². The normalized spacial score (nSPS) is 17.2. The van der Waals surface area contributed by atoms with Gasteiger partial charge in [-0.15, -0.1) is 0 Å². The summed E-state index contributed by atoms with van der Waals surface area (Å²) in [5.41, 5.74) is 16.7. The number of aliphatic hydroxyl groups excluding tert-OH is 2. The van der Waals surface area contributed by atoms with Gasteiger partial charge in [0, 0.05) is 19.4 Å². The minimum Gasteiger partial charge on any atom is -0.507 e. The zero-order chi connectivity index (χ0) is 36.7. The Morgan fingerprint density at radius 3 is 2.41 bits per heavy atom. The highest BCUT2D eigenvalue weighted by Gasteiger charge is 2.39. The van der Waals surface area contributed by atoms with E-state index in [4.69, 9.17) is 21.9 Å². The number of guanidine groups is 1. The van der Waals surface area contributed by atoms with E-state index >= 15 is 0 Å². The van der Waals surface area contributed by atoms with Crippen molar-refractivity contribution < 1.29 is 44.0 Å². The first-order valence-electron chi connectivity index (χ1n) is 16.4. The van der Waals surface area contributed by atoms with Crippen LogP contribution in [0.5, 0.6) is 5.75 Å². The Kier molecular flexibility index (Phi) is 16.5. The molecule has 0 radical (unpaired) electrons. The van der Waals surface area contributed by atoms with Crippen molar-refractivity contribution in [3.63, 3.8) is 0 Å². The summed E-state index contributed by atoms with van der Waals surface area (Å²) in [6, 6.07) is 1.17. The van der Waals surface area contributed by atoms with Crippen molar-refractivity contribution in [1.82, 2.24) is 16.0 Å². The number of nitrogens with two attached hydrogens (primary N) is 3. The number of primary amides is 1. The highest BCUT2D eigenvalue weighted by Crippen LogP contribution is 2.30. The summed E-state index contributed by atoms with van der Waals surface area (Å²) < 4.78 is 5.58. The lowest BCUT2D eigenvalue weighted by atomic mass is 9.90. The van der Waals surface area contributed by atoms with E-state index in [1.165, 1.54) is 6.07 Å². The van der Waals surface area contributed by atoms with Crippen molar-refractivity contribution in [2.24, 2.45) is 28.1 Å². The molecule has 0 saturated carbocycles. The van der Waals surface area contributed by atoms with Crippen LogP contribution in [0.2, 0.25) is 0 Å². The molecule has 0 aromatic heterocycles. The number of allylic oxidation sites excluding steroid dienone is 1. The summed E-state index contributed by atoms with van der Waals surface area (Å²) in [6.45, 7) is 5.85. The number of rotatable bonds is 20. The molecule has 2 rings (SSSR count). The summed E-state index contributed by atoms with van der Waals surface area (Å²) in [5, 5.41) is 40.1. The molecule has 1 aliphatic rings. The van der Waals surface area contributed by atoms with Crippen molar-refractivity contribution >= 4 is 35.6 Å². The number of carbonyl (C=O) groups is 5. The number of nitrogens with zero attached hydrogens (tertiary/aromatic N) is 1. The third-order valence-electron chi connectivity index (χ3n) is 7.80. The summed E-state index contributed by atoms with van der Waals surface area (Å²) >= 11 is 0. The highest BCUT2D eigenvalue weighted by atomic mass is 16.5. The fourth-order valence-electron chi connectivity index (χ4n) is 5.40. The van der Waals surface area contributed by atoms with E-state index in [9.17, 15) is 39.3 Å². The number of hydrogen-bond donors (Lipinski definition) is 9. The van der Waals surface area contributed by atoms with Crippen LogP contribution in [0.1, 0.15) is 81.6 Å². The summed E-state index contributed by atoms with van der Waals surface area (Å²) in [7, 11) is 0. The summed E-state index contributed by atoms with van der Waals surface area (Å²) in [4.78, 5) is 67.6. The number of cyclic esters (lactones) is 1. The van der Waals surface area contributed by atoms with Crippen LogP contribution < -0.4 is 33.2 Å². The lowest BCUT2D eigenvalue weighted by Gasteiger charge is -2.34. The maximum Gasteiger partial charge on any atom is 0.342 e. The Labute approximate surface area is 285 Å². The van der Waals surface area contributed by atoms with Gasteiger partial charge in [0.05, 0.1) is 18.5 Å². The van der Waals surface area contributed by atoms with Crippen molar-refractivity contribution in [2.75, 3.05) is 6.54 Å². The van der Waals surface area contributed by atoms with Gasteiger partial charge in [-0.1, -0.05) is 51.5 Å². The fourth-order valence-corrected chi connectivity index (χ4v) is 5.40. The lowest BCUT2D eigenvalue weighted by Crippen LogP contribution is -2.59. The minimum absolute atomic E-state index is 0.0127. The lowest BCUT2D eigenvalue weighted by molar-refractivity contribution is -0.140. The van der Waals surface area contributed by atoms with Gasteiger partial charge in [-0.2, -0.15) is 0 Å². The van der Waals surface area contributed by atoms with Crippen LogP contribution >= 0.6 is 0 Å². The molecular weight excluding hydrogens is 638 g/mol. The number of aliphatic hydroxyl groups is 2.